The molecule has 7 heteroatoms. The van der Waals surface area contributed by atoms with E-state index < -0.39 is 4.92 Å². The van der Waals surface area contributed by atoms with Gasteiger partial charge in [0.25, 0.3) is 5.91 Å². The lowest BCUT2D eigenvalue weighted by Crippen LogP contribution is -2.42. The van der Waals surface area contributed by atoms with Crippen molar-refractivity contribution in [1.82, 2.24) is 4.90 Å². The van der Waals surface area contributed by atoms with Crippen LogP contribution in [0, 0.1) is 10.1 Å². The van der Waals surface area contributed by atoms with Crippen LogP contribution in [0.5, 0.6) is 5.75 Å². The summed E-state index contributed by atoms with van der Waals surface area (Å²) in [5.74, 6) is -0.0603. The molecule has 0 aliphatic carbocycles. The number of rotatable bonds is 3. The van der Waals surface area contributed by atoms with Gasteiger partial charge in [-0.15, -0.1) is 0 Å². The van der Waals surface area contributed by atoms with Gasteiger partial charge in [0, 0.05) is 30.8 Å². The van der Waals surface area contributed by atoms with Crippen LogP contribution < -0.4 is 10.5 Å². The number of methoxy groups -OCH3 is 1. The van der Waals surface area contributed by atoms with Gasteiger partial charge in [-0.25, -0.2) is 0 Å². The average Bonchev–Trinajstić information content (AvgIpc) is 2.46. The fraction of sp³-hybridized carbons (Fsp3) is 0.462. The number of piperidine rings is 1. The number of benzene rings is 1. The number of hydrogen-bond acceptors (Lipinski definition) is 5. The molecule has 0 bridgehead atoms. The maximum atomic E-state index is 12.3. The molecular formula is C13H17N3O4. The van der Waals surface area contributed by atoms with E-state index in [1.54, 1.807) is 11.0 Å². The Morgan fingerprint density at radius 3 is 2.65 bits per heavy atom. The number of nitro benzene ring substituents is 1. The molecule has 1 fully saturated rings. The zero-order valence-electron chi connectivity index (χ0n) is 11.2. The van der Waals surface area contributed by atoms with Crippen LogP contribution in [0.15, 0.2) is 18.2 Å². The van der Waals surface area contributed by atoms with Gasteiger partial charge in [0.05, 0.1) is 12.0 Å². The number of ether oxygens (including phenoxy) is 1. The SMILES string of the molecule is COc1ccc(C(=O)N2CCC(N)CC2)cc1[N+](=O)[O-]. The number of carbonyl (C=O) groups is 1. The van der Waals surface area contributed by atoms with Crippen LogP contribution >= 0.6 is 0 Å². The summed E-state index contributed by atoms with van der Waals surface area (Å²) >= 11 is 0. The lowest BCUT2D eigenvalue weighted by molar-refractivity contribution is -0.385. The summed E-state index contributed by atoms with van der Waals surface area (Å²) in [5, 5.41) is 11.0. The van der Waals surface area contributed by atoms with E-state index in [1.165, 1.54) is 19.2 Å². The van der Waals surface area contributed by atoms with Crippen molar-refractivity contribution in [2.45, 2.75) is 18.9 Å². The van der Waals surface area contributed by atoms with Crippen molar-refractivity contribution in [2.24, 2.45) is 5.73 Å². The highest BCUT2D eigenvalue weighted by atomic mass is 16.6. The molecule has 1 aromatic carbocycles. The summed E-state index contributed by atoms with van der Waals surface area (Å²) in [7, 11) is 1.36. The Bertz CT molecular complexity index is 524. The van der Waals surface area contributed by atoms with Crippen molar-refractivity contribution in [3.8, 4) is 5.75 Å². The van der Waals surface area contributed by atoms with E-state index >= 15 is 0 Å². The summed E-state index contributed by atoms with van der Waals surface area (Å²) in [6.45, 7) is 1.17. The van der Waals surface area contributed by atoms with E-state index in [9.17, 15) is 14.9 Å². The Morgan fingerprint density at radius 1 is 1.45 bits per heavy atom. The molecule has 1 saturated heterocycles. The summed E-state index contributed by atoms with van der Waals surface area (Å²) in [4.78, 5) is 24.4. The van der Waals surface area contributed by atoms with Crippen LogP contribution in [0.1, 0.15) is 23.2 Å². The number of nitrogens with zero attached hydrogens (tertiary/aromatic N) is 2. The standard InChI is InChI=1S/C13H17N3O4/c1-20-12-3-2-9(8-11(12)16(18)19)13(17)15-6-4-10(14)5-7-15/h2-3,8,10H,4-7,14H2,1H3. The van der Waals surface area contributed by atoms with Crippen LogP contribution in [0.4, 0.5) is 5.69 Å². The Morgan fingerprint density at radius 2 is 2.10 bits per heavy atom. The molecular weight excluding hydrogens is 262 g/mol. The third kappa shape index (κ3) is 2.88. The second-order valence-corrected chi connectivity index (χ2v) is 4.77. The monoisotopic (exact) mass is 279 g/mol. The molecule has 2 N–H and O–H groups in total. The van der Waals surface area contributed by atoms with E-state index in [4.69, 9.17) is 10.5 Å². The molecule has 7 nitrogen and oxygen atoms in total. The molecule has 1 heterocycles. The Labute approximate surface area is 116 Å². The van der Waals surface area contributed by atoms with Crippen LogP contribution in [0.3, 0.4) is 0 Å². The highest BCUT2D eigenvalue weighted by Crippen LogP contribution is 2.28. The van der Waals surface area contributed by atoms with E-state index in [1.807, 2.05) is 0 Å². The predicted molar refractivity (Wildman–Crippen MR) is 72.8 cm³/mol. The lowest BCUT2D eigenvalue weighted by Gasteiger charge is -2.30. The molecule has 2 rings (SSSR count). The Kier molecular flexibility index (Phi) is 4.19. The third-order valence-electron chi connectivity index (χ3n) is 3.45. The average molecular weight is 279 g/mol. The van der Waals surface area contributed by atoms with Crippen molar-refractivity contribution in [1.29, 1.82) is 0 Å². The van der Waals surface area contributed by atoms with Crippen molar-refractivity contribution >= 4 is 11.6 Å². The highest BCUT2D eigenvalue weighted by Gasteiger charge is 2.24. The normalized spacial score (nSPS) is 16.0. The fourth-order valence-electron chi connectivity index (χ4n) is 2.25. The molecule has 0 radical (unpaired) electrons. The summed E-state index contributed by atoms with van der Waals surface area (Å²) in [5.41, 5.74) is 5.89. The molecule has 0 atom stereocenters. The second-order valence-electron chi connectivity index (χ2n) is 4.77. The minimum atomic E-state index is -0.554. The predicted octanol–water partition coefficient (Wildman–Crippen LogP) is 1.17. The first-order chi connectivity index (χ1) is 9.52. The minimum Gasteiger partial charge on any atom is -0.490 e. The maximum Gasteiger partial charge on any atom is 0.311 e. The third-order valence-corrected chi connectivity index (χ3v) is 3.45. The zero-order chi connectivity index (χ0) is 14.7. The van der Waals surface area contributed by atoms with Gasteiger partial charge in [0.2, 0.25) is 0 Å². The van der Waals surface area contributed by atoms with Crippen molar-refractivity contribution in [3.05, 3.63) is 33.9 Å². The van der Waals surface area contributed by atoms with Gasteiger partial charge in [-0.1, -0.05) is 0 Å². The molecule has 0 spiro atoms. The van der Waals surface area contributed by atoms with E-state index in [-0.39, 0.29) is 23.4 Å². The second kappa shape index (κ2) is 5.87. The highest BCUT2D eigenvalue weighted by molar-refractivity contribution is 5.95. The molecule has 0 saturated carbocycles. The number of nitro groups is 1. The molecule has 1 aliphatic rings. The van der Waals surface area contributed by atoms with E-state index in [0.29, 0.717) is 18.7 Å². The first-order valence-corrected chi connectivity index (χ1v) is 6.40. The largest absolute Gasteiger partial charge is 0.490 e. The number of carbonyl (C=O) groups excluding carboxylic acids is 1. The van der Waals surface area contributed by atoms with Crippen LogP contribution in [0.2, 0.25) is 0 Å². The van der Waals surface area contributed by atoms with E-state index in [0.717, 1.165) is 12.8 Å². The zero-order valence-corrected chi connectivity index (χ0v) is 11.2. The van der Waals surface area contributed by atoms with Gasteiger partial charge in [0.1, 0.15) is 0 Å². The van der Waals surface area contributed by atoms with Crippen molar-refractivity contribution < 1.29 is 14.5 Å². The van der Waals surface area contributed by atoms with Crippen molar-refractivity contribution in [3.63, 3.8) is 0 Å². The Balaban J connectivity index is 2.22. The van der Waals surface area contributed by atoms with Crippen LogP contribution in [-0.4, -0.2) is 42.0 Å². The molecule has 108 valence electrons. The minimum absolute atomic E-state index is 0.129. The van der Waals surface area contributed by atoms with E-state index in [2.05, 4.69) is 0 Å². The quantitative estimate of drug-likeness (QED) is 0.661. The molecule has 20 heavy (non-hydrogen) atoms. The molecule has 0 unspecified atom stereocenters. The summed E-state index contributed by atoms with van der Waals surface area (Å²) < 4.78 is 4.92. The van der Waals surface area contributed by atoms with Gasteiger partial charge >= 0.3 is 5.69 Å². The molecule has 1 aromatic rings. The molecule has 1 aliphatic heterocycles. The fourth-order valence-corrected chi connectivity index (χ4v) is 2.25. The maximum absolute atomic E-state index is 12.3. The number of nitrogens with two attached hydrogens (primary N) is 1. The molecule has 0 aromatic heterocycles. The van der Waals surface area contributed by atoms with Gasteiger partial charge < -0.3 is 15.4 Å². The number of hydrogen-bond donors (Lipinski definition) is 1. The van der Waals surface area contributed by atoms with Crippen LogP contribution in [-0.2, 0) is 0 Å². The van der Waals surface area contributed by atoms with Gasteiger partial charge in [-0.05, 0) is 25.0 Å². The topological polar surface area (TPSA) is 98.7 Å². The Hall–Kier alpha value is -2.15. The lowest BCUT2D eigenvalue weighted by atomic mass is 10.0. The summed E-state index contributed by atoms with van der Waals surface area (Å²) in [6, 6.07) is 4.38. The number of likely N-dealkylation sites (tertiary alicyclic amines) is 1. The molecule has 1 amide bonds. The van der Waals surface area contributed by atoms with Crippen LogP contribution in [0.25, 0.3) is 0 Å². The summed E-state index contributed by atoms with van der Waals surface area (Å²) in [6.07, 6.45) is 1.51. The van der Waals surface area contributed by atoms with Gasteiger partial charge in [-0.3, -0.25) is 14.9 Å². The number of amides is 1. The first kappa shape index (κ1) is 14.3. The smallest absolute Gasteiger partial charge is 0.311 e. The van der Waals surface area contributed by atoms with Gasteiger partial charge in [-0.2, -0.15) is 0 Å². The first-order valence-electron chi connectivity index (χ1n) is 6.40. The van der Waals surface area contributed by atoms with Crippen molar-refractivity contribution in [2.75, 3.05) is 20.2 Å². The van der Waals surface area contributed by atoms with Gasteiger partial charge in [0.15, 0.2) is 5.75 Å².